The fourth-order valence-corrected chi connectivity index (χ4v) is 3.95. The van der Waals surface area contributed by atoms with Crippen molar-refractivity contribution in [2.45, 2.75) is 46.1 Å². The molecule has 3 nitrogen and oxygen atoms in total. The van der Waals surface area contributed by atoms with E-state index >= 15 is 0 Å². The van der Waals surface area contributed by atoms with E-state index < -0.39 is 0 Å². The molecular weight excluding hydrogens is 382 g/mol. The summed E-state index contributed by atoms with van der Waals surface area (Å²) in [6.45, 7) is 4.78. The summed E-state index contributed by atoms with van der Waals surface area (Å²) < 4.78 is 8.10. The third kappa shape index (κ3) is 4.56. The first-order valence-electron chi connectivity index (χ1n) is 11.1. The lowest BCUT2D eigenvalue weighted by molar-refractivity contribution is 0.103. The molecule has 0 saturated carbocycles. The molecule has 4 rings (SSSR count). The lowest BCUT2D eigenvalue weighted by atomic mass is 10.0. The normalized spacial score (nSPS) is 11.0. The van der Waals surface area contributed by atoms with Crippen LogP contribution >= 0.6 is 0 Å². The number of pyridine rings is 1. The Kier molecular flexibility index (Phi) is 6.51. The van der Waals surface area contributed by atoms with Gasteiger partial charge in [0.05, 0.1) is 11.2 Å². The highest BCUT2D eigenvalue weighted by Crippen LogP contribution is 2.28. The van der Waals surface area contributed by atoms with Gasteiger partial charge in [-0.1, -0.05) is 74.9 Å². The Morgan fingerprint density at radius 2 is 1.68 bits per heavy atom. The molecule has 0 saturated heterocycles. The molecule has 31 heavy (non-hydrogen) atoms. The number of nitrogens with zero attached hydrogens (tertiary/aromatic N) is 1. The van der Waals surface area contributed by atoms with Crippen molar-refractivity contribution < 1.29 is 9.53 Å². The monoisotopic (exact) mass is 411 g/mol. The van der Waals surface area contributed by atoms with Crippen LogP contribution in [-0.4, -0.2) is 10.2 Å². The zero-order valence-corrected chi connectivity index (χ0v) is 18.3. The Labute approximate surface area is 184 Å². The fraction of sp³-hybridized carbons (Fsp3) is 0.250. The van der Waals surface area contributed by atoms with Crippen LogP contribution < -0.4 is 4.74 Å². The van der Waals surface area contributed by atoms with E-state index in [-0.39, 0.29) is 5.78 Å². The molecule has 0 fully saturated rings. The second-order valence-electron chi connectivity index (χ2n) is 7.90. The van der Waals surface area contributed by atoms with E-state index in [1.807, 2.05) is 53.1 Å². The Hall–Kier alpha value is -3.33. The third-order valence-corrected chi connectivity index (χ3v) is 5.72. The lowest BCUT2D eigenvalue weighted by Gasteiger charge is -2.10. The number of aromatic nitrogens is 1. The highest BCUT2D eigenvalue weighted by atomic mass is 16.5. The number of hydrogen-bond acceptors (Lipinski definition) is 2. The van der Waals surface area contributed by atoms with E-state index in [0.29, 0.717) is 6.61 Å². The quantitative estimate of drug-likeness (QED) is 0.289. The Balaban J connectivity index is 1.65. The molecule has 0 spiro atoms. The van der Waals surface area contributed by atoms with Crippen LogP contribution in [0.3, 0.4) is 0 Å². The molecule has 0 radical (unpaired) electrons. The van der Waals surface area contributed by atoms with Crippen molar-refractivity contribution >= 4 is 11.3 Å². The van der Waals surface area contributed by atoms with Crippen LogP contribution in [0.5, 0.6) is 5.75 Å². The molecule has 4 aromatic rings. The van der Waals surface area contributed by atoms with Crippen molar-refractivity contribution in [3.05, 3.63) is 107 Å². The van der Waals surface area contributed by atoms with Gasteiger partial charge in [0.1, 0.15) is 12.4 Å². The molecule has 0 unspecified atom stereocenters. The molecule has 0 aliphatic rings. The maximum atomic E-state index is 13.5. The number of benzene rings is 2. The van der Waals surface area contributed by atoms with Crippen LogP contribution in [-0.2, 0) is 19.4 Å². The average Bonchev–Trinajstić information content (AvgIpc) is 3.21. The molecule has 2 aromatic carbocycles. The zero-order chi connectivity index (χ0) is 21.6. The highest BCUT2D eigenvalue weighted by Gasteiger charge is 2.20. The van der Waals surface area contributed by atoms with Crippen LogP contribution in [0, 0.1) is 0 Å². The van der Waals surface area contributed by atoms with E-state index in [2.05, 4.69) is 44.2 Å². The van der Waals surface area contributed by atoms with Gasteiger partial charge in [0.2, 0.25) is 5.78 Å². The maximum absolute atomic E-state index is 13.5. The number of carbonyl (C=O) groups is 1. The Bertz CT molecular complexity index is 1160. The van der Waals surface area contributed by atoms with Gasteiger partial charge in [0, 0.05) is 11.8 Å². The summed E-state index contributed by atoms with van der Waals surface area (Å²) in [5.74, 6) is 0.842. The van der Waals surface area contributed by atoms with Crippen LogP contribution in [0.15, 0.2) is 79.0 Å². The van der Waals surface area contributed by atoms with Gasteiger partial charge in [-0.15, -0.1) is 0 Å². The summed E-state index contributed by atoms with van der Waals surface area (Å²) in [6.07, 6.45) is 6.14. The van der Waals surface area contributed by atoms with Crippen LogP contribution in [0.25, 0.3) is 5.52 Å². The summed E-state index contributed by atoms with van der Waals surface area (Å²) in [5.41, 5.74) is 5.82. The first-order valence-corrected chi connectivity index (χ1v) is 11.1. The van der Waals surface area contributed by atoms with Crippen molar-refractivity contribution in [2.24, 2.45) is 0 Å². The number of fused-ring (bicyclic) bond motifs is 1. The molecule has 0 aliphatic carbocycles. The highest BCUT2D eigenvalue weighted by molar-refractivity contribution is 6.09. The SMILES string of the molecule is CCCCc1ccc(C(=O)c2c(CC)cc3c(OCc4ccccc4)cccn23)cc1. The van der Waals surface area contributed by atoms with E-state index in [9.17, 15) is 4.79 Å². The van der Waals surface area contributed by atoms with Gasteiger partial charge < -0.3 is 9.14 Å². The fourth-order valence-electron chi connectivity index (χ4n) is 3.95. The predicted molar refractivity (Wildman–Crippen MR) is 126 cm³/mol. The minimum atomic E-state index is 0.0547. The molecule has 0 amide bonds. The molecule has 0 atom stereocenters. The number of aryl methyl sites for hydroxylation is 2. The minimum Gasteiger partial charge on any atom is -0.487 e. The average molecular weight is 412 g/mol. The van der Waals surface area contributed by atoms with Crippen molar-refractivity contribution in [1.29, 1.82) is 0 Å². The topological polar surface area (TPSA) is 30.7 Å². The molecular formula is C28H29NO2. The Morgan fingerprint density at radius 3 is 2.39 bits per heavy atom. The van der Waals surface area contributed by atoms with Gasteiger partial charge in [-0.25, -0.2) is 0 Å². The summed E-state index contributed by atoms with van der Waals surface area (Å²) in [7, 11) is 0. The van der Waals surface area contributed by atoms with Crippen molar-refractivity contribution in [3.63, 3.8) is 0 Å². The molecule has 2 aromatic heterocycles. The van der Waals surface area contributed by atoms with Gasteiger partial charge in [-0.2, -0.15) is 0 Å². The van der Waals surface area contributed by atoms with Crippen LogP contribution in [0.1, 0.15) is 59.4 Å². The van der Waals surface area contributed by atoms with Crippen LogP contribution in [0.2, 0.25) is 0 Å². The summed E-state index contributed by atoms with van der Waals surface area (Å²) >= 11 is 0. The number of ketones is 1. The van der Waals surface area contributed by atoms with E-state index in [0.717, 1.165) is 46.5 Å². The molecule has 0 aliphatic heterocycles. The van der Waals surface area contributed by atoms with E-state index in [4.69, 9.17) is 4.74 Å². The van der Waals surface area contributed by atoms with Gasteiger partial charge in [-0.05, 0) is 54.2 Å². The van der Waals surface area contributed by atoms with Gasteiger partial charge in [0.25, 0.3) is 0 Å². The number of unbranched alkanes of at least 4 members (excludes halogenated alkanes) is 1. The zero-order valence-electron chi connectivity index (χ0n) is 18.3. The number of rotatable bonds is 9. The van der Waals surface area contributed by atoms with Crippen molar-refractivity contribution in [3.8, 4) is 5.75 Å². The molecule has 0 bridgehead atoms. The second-order valence-corrected chi connectivity index (χ2v) is 7.90. The van der Waals surface area contributed by atoms with Gasteiger partial charge >= 0.3 is 0 Å². The standard InChI is InChI=1S/C28H29NO2/c1-3-5-10-21-14-16-24(17-15-21)28(30)27-23(4-2)19-25-26(13-9-18-29(25)27)31-20-22-11-7-6-8-12-22/h6-9,11-19H,3-5,10,20H2,1-2H3. The third-order valence-electron chi connectivity index (χ3n) is 5.72. The smallest absolute Gasteiger partial charge is 0.210 e. The lowest BCUT2D eigenvalue weighted by Crippen LogP contribution is -2.08. The number of hydrogen-bond donors (Lipinski definition) is 0. The Morgan fingerprint density at radius 1 is 0.903 bits per heavy atom. The molecule has 0 N–H and O–H groups in total. The van der Waals surface area contributed by atoms with Gasteiger partial charge in [-0.3, -0.25) is 4.79 Å². The first-order chi connectivity index (χ1) is 15.2. The number of carbonyl (C=O) groups excluding carboxylic acids is 1. The summed E-state index contributed by atoms with van der Waals surface area (Å²) in [5, 5.41) is 0. The largest absolute Gasteiger partial charge is 0.487 e. The first kappa shape index (κ1) is 20.9. The van der Waals surface area contributed by atoms with E-state index in [1.165, 1.54) is 18.4 Å². The second kappa shape index (κ2) is 9.65. The van der Waals surface area contributed by atoms with Crippen molar-refractivity contribution in [1.82, 2.24) is 4.40 Å². The van der Waals surface area contributed by atoms with Crippen LogP contribution in [0.4, 0.5) is 0 Å². The molecule has 3 heteroatoms. The molecule has 2 heterocycles. The maximum Gasteiger partial charge on any atom is 0.210 e. The summed E-state index contributed by atoms with van der Waals surface area (Å²) in [4.78, 5) is 13.5. The summed E-state index contributed by atoms with van der Waals surface area (Å²) in [6, 6.07) is 24.2. The van der Waals surface area contributed by atoms with Crippen molar-refractivity contribution in [2.75, 3.05) is 0 Å². The molecule has 158 valence electrons. The minimum absolute atomic E-state index is 0.0547. The number of ether oxygens (including phenoxy) is 1. The van der Waals surface area contributed by atoms with E-state index in [1.54, 1.807) is 0 Å². The van der Waals surface area contributed by atoms with Gasteiger partial charge in [0.15, 0.2) is 0 Å². The predicted octanol–water partition coefficient (Wildman–Crippen LogP) is 6.65.